The fraction of sp³-hybridized carbons (Fsp3) is 0.0476. The van der Waals surface area contributed by atoms with Gasteiger partial charge in [-0.25, -0.2) is 4.98 Å². The number of nitrogens with zero attached hydrogens (tertiary/aromatic N) is 2. The predicted octanol–water partition coefficient (Wildman–Crippen LogP) is 4.40. The second kappa shape index (κ2) is 7.86. The van der Waals surface area contributed by atoms with Crippen LogP contribution in [0.1, 0.15) is 10.4 Å². The monoisotopic (exact) mass is 452 g/mol. The molecule has 0 aliphatic carbocycles. The topological polar surface area (TPSA) is 98.5 Å². The lowest BCUT2D eigenvalue weighted by atomic mass is 10.2. The Morgan fingerprint density at radius 1 is 1.10 bits per heavy atom. The lowest BCUT2D eigenvalue weighted by molar-refractivity contribution is 0.0977. The van der Waals surface area contributed by atoms with Gasteiger partial charge >= 0.3 is 0 Å². The standard InChI is InChI=1S/C21H13ClN4O4S/c22-13-5-3-12(20-25-18-16(30-20)2-1-7-23-18)8-14(13)24-21(31)26-19(27)11-4-6-15-17(9-11)29-10-28-15/h1-9H,10H2,(H2,24,26,27,31). The van der Waals surface area contributed by atoms with Crippen LogP contribution >= 0.6 is 23.8 Å². The third-order valence-electron chi connectivity index (χ3n) is 4.49. The van der Waals surface area contributed by atoms with Crippen LogP contribution < -0.4 is 20.1 Å². The van der Waals surface area contributed by atoms with E-state index >= 15 is 0 Å². The van der Waals surface area contributed by atoms with Crippen LogP contribution in [0.3, 0.4) is 0 Å². The molecule has 3 heterocycles. The smallest absolute Gasteiger partial charge is 0.257 e. The molecule has 8 nitrogen and oxygen atoms in total. The highest BCUT2D eigenvalue weighted by Crippen LogP contribution is 2.33. The van der Waals surface area contributed by atoms with Crippen LogP contribution in [0.25, 0.3) is 22.7 Å². The van der Waals surface area contributed by atoms with E-state index in [9.17, 15) is 4.79 Å². The Kier molecular flexibility index (Phi) is 4.89. The highest BCUT2D eigenvalue weighted by molar-refractivity contribution is 7.80. The van der Waals surface area contributed by atoms with Crippen molar-refractivity contribution in [1.82, 2.24) is 15.3 Å². The van der Waals surface area contributed by atoms with Gasteiger partial charge in [-0.3, -0.25) is 10.1 Å². The zero-order chi connectivity index (χ0) is 21.4. The summed E-state index contributed by atoms with van der Waals surface area (Å²) in [6, 6.07) is 13.6. The van der Waals surface area contributed by atoms with Gasteiger partial charge in [-0.2, -0.15) is 4.98 Å². The Balaban J connectivity index is 1.32. The SMILES string of the molecule is O=C(NC(=S)Nc1cc(-c2nc3ncccc3o2)ccc1Cl)c1ccc2c(c1)OCO2. The molecule has 0 saturated carbocycles. The molecular formula is C21H13ClN4O4S. The van der Waals surface area contributed by atoms with E-state index in [1.165, 1.54) is 0 Å². The van der Waals surface area contributed by atoms with Gasteiger partial charge < -0.3 is 19.2 Å². The first-order chi connectivity index (χ1) is 15.1. The summed E-state index contributed by atoms with van der Waals surface area (Å²) in [4.78, 5) is 21.1. The Bertz CT molecular complexity index is 1310. The normalized spacial score (nSPS) is 12.0. The highest BCUT2D eigenvalue weighted by Gasteiger charge is 2.17. The van der Waals surface area contributed by atoms with E-state index < -0.39 is 5.91 Å². The highest BCUT2D eigenvalue weighted by atomic mass is 35.5. The van der Waals surface area contributed by atoms with Gasteiger partial charge in [0.05, 0.1) is 10.7 Å². The van der Waals surface area contributed by atoms with Gasteiger partial charge in [-0.1, -0.05) is 11.6 Å². The Hall–Kier alpha value is -3.69. The van der Waals surface area contributed by atoms with Gasteiger partial charge in [0.2, 0.25) is 12.7 Å². The number of aromatic nitrogens is 2. The van der Waals surface area contributed by atoms with Crippen molar-refractivity contribution in [1.29, 1.82) is 0 Å². The summed E-state index contributed by atoms with van der Waals surface area (Å²) < 4.78 is 16.3. The number of nitrogens with one attached hydrogen (secondary N) is 2. The maximum atomic E-state index is 12.5. The number of hydrogen-bond donors (Lipinski definition) is 2. The summed E-state index contributed by atoms with van der Waals surface area (Å²) in [6.07, 6.45) is 1.64. The summed E-state index contributed by atoms with van der Waals surface area (Å²) in [5.74, 6) is 1.10. The van der Waals surface area contributed by atoms with Crippen LogP contribution in [0.2, 0.25) is 5.02 Å². The minimum Gasteiger partial charge on any atom is -0.454 e. The van der Waals surface area contributed by atoms with E-state index in [0.29, 0.717) is 50.5 Å². The zero-order valence-corrected chi connectivity index (χ0v) is 17.3. The number of anilines is 1. The third-order valence-corrected chi connectivity index (χ3v) is 5.02. The summed E-state index contributed by atoms with van der Waals surface area (Å²) in [7, 11) is 0. The molecule has 5 rings (SSSR count). The van der Waals surface area contributed by atoms with Gasteiger partial charge in [-0.15, -0.1) is 0 Å². The molecule has 1 amide bonds. The van der Waals surface area contributed by atoms with Crippen LogP contribution in [0.4, 0.5) is 5.69 Å². The quantitative estimate of drug-likeness (QED) is 0.441. The predicted molar refractivity (Wildman–Crippen MR) is 119 cm³/mol. The Morgan fingerprint density at radius 3 is 2.84 bits per heavy atom. The van der Waals surface area contributed by atoms with Gasteiger partial charge in [-0.05, 0) is 60.7 Å². The molecule has 0 bridgehead atoms. The average Bonchev–Trinajstić information content (AvgIpc) is 3.41. The zero-order valence-electron chi connectivity index (χ0n) is 15.7. The van der Waals surface area contributed by atoms with Gasteiger partial charge in [0.25, 0.3) is 5.91 Å². The third kappa shape index (κ3) is 3.88. The summed E-state index contributed by atoms with van der Waals surface area (Å²) in [5, 5.41) is 6.05. The number of benzene rings is 2. The van der Waals surface area contributed by atoms with Crippen molar-refractivity contribution in [3.8, 4) is 23.0 Å². The molecule has 10 heteroatoms. The number of rotatable bonds is 3. The molecule has 2 aromatic carbocycles. The maximum absolute atomic E-state index is 12.5. The first-order valence-corrected chi connectivity index (χ1v) is 9.89. The molecule has 1 aliphatic heterocycles. The van der Waals surface area contributed by atoms with Crippen molar-refractivity contribution in [2.24, 2.45) is 0 Å². The van der Waals surface area contributed by atoms with E-state index in [-0.39, 0.29) is 11.9 Å². The molecule has 31 heavy (non-hydrogen) atoms. The number of amides is 1. The minimum atomic E-state index is -0.395. The number of pyridine rings is 1. The molecule has 0 saturated heterocycles. The number of carbonyl (C=O) groups excluding carboxylic acids is 1. The maximum Gasteiger partial charge on any atom is 0.257 e. The minimum absolute atomic E-state index is 0.0842. The molecule has 0 fully saturated rings. The summed E-state index contributed by atoms with van der Waals surface area (Å²) in [6.45, 7) is 0.130. The van der Waals surface area contributed by atoms with E-state index in [1.807, 2.05) is 0 Å². The van der Waals surface area contributed by atoms with Gasteiger partial charge in [0, 0.05) is 17.3 Å². The lowest BCUT2D eigenvalue weighted by Crippen LogP contribution is -2.34. The molecule has 4 aromatic rings. The van der Waals surface area contributed by atoms with Crippen molar-refractivity contribution < 1.29 is 18.7 Å². The average molecular weight is 453 g/mol. The van der Waals surface area contributed by atoms with Crippen LogP contribution in [0.5, 0.6) is 11.5 Å². The van der Waals surface area contributed by atoms with E-state index in [1.54, 1.807) is 54.7 Å². The lowest BCUT2D eigenvalue weighted by Gasteiger charge is -2.12. The Morgan fingerprint density at radius 2 is 1.97 bits per heavy atom. The number of oxazole rings is 1. The number of ether oxygens (including phenoxy) is 2. The summed E-state index contributed by atoms with van der Waals surface area (Å²) >= 11 is 11.6. The number of fused-ring (bicyclic) bond motifs is 2. The van der Waals surface area contributed by atoms with E-state index in [2.05, 4.69) is 20.6 Å². The van der Waals surface area contributed by atoms with E-state index in [4.69, 9.17) is 37.7 Å². The second-order valence-electron chi connectivity index (χ2n) is 6.52. The second-order valence-corrected chi connectivity index (χ2v) is 7.33. The van der Waals surface area contributed by atoms with Crippen LogP contribution in [-0.4, -0.2) is 27.8 Å². The number of halogens is 1. The van der Waals surface area contributed by atoms with Crippen molar-refractivity contribution in [2.45, 2.75) is 0 Å². The fourth-order valence-electron chi connectivity index (χ4n) is 3.01. The largest absolute Gasteiger partial charge is 0.454 e. The first-order valence-electron chi connectivity index (χ1n) is 9.10. The van der Waals surface area contributed by atoms with Gasteiger partial charge in [0.1, 0.15) is 0 Å². The summed E-state index contributed by atoms with van der Waals surface area (Å²) in [5.41, 5.74) is 2.63. The fourth-order valence-corrected chi connectivity index (χ4v) is 3.38. The number of hydrogen-bond acceptors (Lipinski definition) is 7. The first kappa shape index (κ1) is 19.3. The molecule has 1 aliphatic rings. The molecule has 0 spiro atoms. The van der Waals surface area contributed by atoms with Crippen LogP contribution in [0.15, 0.2) is 59.1 Å². The molecule has 2 N–H and O–H groups in total. The Labute approximate surface area is 186 Å². The molecule has 154 valence electrons. The molecular weight excluding hydrogens is 440 g/mol. The van der Waals surface area contributed by atoms with Crippen molar-refractivity contribution >= 4 is 51.8 Å². The van der Waals surface area contributed by atoms with Crippen molar-refractivity contribution in [3.05, 3.63) is 65.3 Å². The van der Waals surface area contributed by atoms with Crippen LogP contribution in [-0.2, 0) is 0 Å². The van der Waals surface area contributed by atoms with Crippen molar-refractivity contribution in [2.75, 3.05) is 12.1 Å². The number of carbonyl (C=O) groups is 1. The molecule has 0 unspecified atom stereocenters. The molecule has 0 atom stereocenters. The van der Waals surface area contributed by atoms with E-state index in [0.717, 1.165) is 0 Å². The van der Waals surface area contributed by atoms with Crippen LogP contribution in [0, 0.1) is 0 Å². The molecule has 2 aromatic heterocycles. The van der Waals surface area contributed by atoms with Gasteiger partial charge in [0.15, 0.2) is 27.8 Å². The van der Waals surface area contributed by atoms with Crippen molar-refractivity contribution in [3.63, 3.8) is 0 Å². The number of thiocarbonyl (C=S) groups is 1. The molecule has 0 radical (unpaired) electrons.